The van der Waals surface area contributed by atoms with Crippen LogP contribution >= 0.6 is 0 Å². The second kappa shape index (κ2) is 6.48. The van der Waals surface area contributed by atoms with E-state index in [1.807, 2.05) is 0 Å². The van der Waals surface area contributed by atoms with Gasteiger partial charge in [0.1, 0.15) is 0 Å². The molecule has 0 aliphatic heterocycles. The van der Waals surface area contributed by atoms with Gasteiger partial charge in [-0.2, -0.15) is 0 Å². The maximum absolute atomic E-state index is 11.7. The number of hydrogen-bond donors (Lipinski definition) is 3. The first-order chi connectivity index (χ1) is 7.69. The van der Waals surface area contributed by atoms with Gasteiger partial charge in [0.25, 0.3) is 0 Å². The maximum atomic E-state index is 11.7. The van der Waals surface area contributed by atoms with Crippen LogP contribution in [0.15, 0.2) is 0 Å². The van der Waals surface area contributed by atoms with Crippen molar-refractivity contribution in [2.45, 2.75) is 25.7 Å². The summed E-state index contributed by atoms with van der Waals surface area (Å²) in [7, 11) is 3.46. The Kier molecular flexibility index (Phi) is 5.25. The van der Waals surface area contributed by atoms with E-state index in [0.29, 0.717) is 6.67 Å². The molecular formula is C11H21N3O2. The van der Waals surface area contributed by atoms with Crippen LogP contribution in [0.1, 0.15) is 25.7 Å². The molecule has 0 aromatic heterocycles. The van der Waals surface area contributed by atoms with Crippen LogP contribution < -0.4 is 16.0 Å². The van der Waals surface area contributed by atoms with Gasteiger partial charge < -0.3 is 16.0 Å². The summed E-state index contributed by atoms with van der Waals surface area (Å²) in [6.07, 6.45) is 3.26. The molecule has 92 valence electrons. The minimum Gasteiger partial charge on any atom is -0.359 e. The van der Waals surface area contributed by atoms with Crippen LogP contribution in [0.2, 0.25) is 0 Å². The van der Waals surface area contributed by atoms with Crippen LogP contribution in [0.25, 0.3) is 0 Å². The molecule has 0 radical (unpaired) electrons. The van der Waals surface area contributed by atoms with Crippen molar-refractivity contribution in [3.05, 3.63) is 0 Å². The van der Waals surface area contributed by atoms with E-state index in [2.05, 4.69) is 16.0 Å². The topological polar surface area (TPSA) is 70.2 Å². The van der Waals surface area contributed by atoms with E-state index in [-0.39, 0.29) is 23.7 Å². The van der Waals surface area contributed by atoms with Crippen molar-refractivity contribution in [2.24, 2.45) is 11.8 Å². The Bertz CT molecular complexity index is 248. The number of nitrogens with one attached hydrogen (secondary N) is 3. The van der Waals surface area contributed by atoms with Gasteiger partial charge >= 0.3 is 0 Å². The number of hydrogen-bond acceptors (Lipinski definition) is 3. The van der Waals surface area contributed by atoms with Crippen LogP contribution in [0.4, 0.5) is 0 Å². The quantitative estimate of drug-likeness (QED) is 0.584. The third-order valence-corrected chi connectivity index (χ3v) is 3.15. The van der Waals surface area contributed by atoms with Crippen molar-refractivity contribution in [3.63, 3.8) is 0 Å². The lowest BCUT2D eigenvalue weighted by molar-refractivity contribution is -0.130. The van der Waals surface area contributed by atoms with Crippen LogP contribution in [-0.2, 0) is 9.59 Å². The van der Waals surface area contributed by atoms with Gasteiger partial charge in [0.15, 0.2) is 0 Å². The average Bonchev–Trinajstić information content (AvgIpc) is 2.35. The van der Waals surface area contributed by atoms with Crippen molar-refractivity contribution in [1.29, 1.82) is 0 Å². The lowest BCUT2D eigenvalue weighted by Gasteiger charge is -2.26. The largest absolute Gasteiger partial charge is 0.359 e. The fourth-order valence-corrected chi connectivity index (χ4v) is 2.14. The SMILES string of the molecule is CNCNC(=O)C1CCC(C(=O)NC)CC1. The lowest BCUT2D eigenvalue weighted by Crippen LogP contribution is -2.39. The zero-order valence-corrected chi connectivity index (χ0v) is 10.0. The fraction of sp³-hybridized carbons (Fsp3) is 0.818. The fourth-order valence-electron chi connectivity index (χ4n) is 2.14. The molecule has 1 rings (SSSR count). The second-order valence-electron chi connectivity index (χ2n) is 4.23. The lowest BCUT2D eigenvalue weighted by atomic mass is 9.81. The van der Waals surface area contributed by atoms with E-state index >= 15 is 0 Å². The van der Waals surface area contributed by atoms with E-state index in [1.165, 1.54) is 0 Å². The van der Waals surface area contributed by atoms with Crippen LogP contribution in [0.3, 0.4) is 0 Å². The van der Waals surface area contributed by atoms with E-state index in [0.717, 1.165) is 25.7 Å². The summed E-state index contributed by atoms with van der Waals surface area (Å²) in [4.78, 5) is 23.0. The van der Waals surface area contributed by atoms with Crippen LogP contribution in [0.5, 0.6) is 0 Å². The Morgan fingerprint density at radius 1 is 1.00 bits per heavy atom. The molecule has 5 nitrogen and oxygen atoms in total. The molecule has 1 aliphatic carbocycles. The Balaban J connectivity index is 2.31. The molecule has 0 heterocycles. The Morgan fingerprint density at radius 2 is 1.50 bits per heavy atom. The predicted molar refractivity (Wildman–Crippen MR) is 61.6 cm³/mol. The summed E-state index contributed by atoms with van der Waals surface area (Å²) < 4.78 is 0. The molecule has 0 saturated heterocycles. The summed E-state index contributed by atoms with van der Waals surface area (Å²) in [5.74, 6) is 0.381. The first-order valence-corrected chi connectivity index (χ1v) is 5.83. The zero-order chi connectivity index (χ0) is 12.0. The first kappa shape index (κ1) is 13.0. The van der Waals surface area contributed by atoms with Crippen LogP contribution in [0, 0.1) is 11.8 Å². The third-order valence-electron chi connectivity index (χ3n) is 3.15. The van der Waals surface area contributed by atoms with Gasteiger partial charge in [-0.25, -0.2) is 0 Å². The Labute approximate surface area is 96.4 Å². The van der Waals surface area contributed by atoms with Crippen LogP contribution in [-0.4, -0.2) is 32.6 Å². The summed E-state index contributed by atoms with van der Waals surface area (Å²) in [6, 6.07) is 0. The van der Waals surface area contributed by atoms with Crippen molar-refractivity contribution in [3.8, 4) is 0 Å². The molecular weight excluding hydrogens is 206 g/mol. The molecule has 2 amide bonds. The smallest absolute Gasteiger partial charge is 0.224 e. The molecule has 3 N–H and O–H groups in total. The number of amides is 2. The highest BCUT2D eigenvalue weighted by atomic mass is 16.2. The molecule has 0 atom stereocenters. The number of rotatable bonds is 4. The molecule has 0 aromatic rings. The second-order valence-corrected chi connectivity index (χ2v) is 4.23. The average molecular weight is 227 g/mol. The minimum absolute atomic E-state index is 0.0780. The van der Waals surface area contributed by atoms with Crippen molar-refractivity contribution >= 4 is 11.8 Å². The summed E-state index contributed by atoms with van der Waals surface area (Å²) in [5, 5.41) is 8.35. The summed E-state index contributed by atoms with van der Waals surface area (Å²) in [5.41, 5.74) is 0. The molecule has 1 aliphatic rings. The summed E-state index contributed by atoms with van der Waals surface area (Å²) >= 11 is 0. The predicted octanol–water partition coefficient (Wildman–Crippen LogP) is -0.168. The highest BCUT2D eigenvalue weighted by Gasteiger charge is 2.29. The van der Waals surface area contributed by atoms with E-state index in [9.17, 15) is 9.59 Å². The highest BCUT2D eigenvalue weighted by Crippen LogP contribution is 2.28. The normalized spacial score (nSPS) is 24.9. The Hall–Kier alpha value is -1.10. The van der Waals surface area contributed by atoms with Gasteiger partial charge in [-0.05, 0) is 32.7 Å². The van der Waals surface area contributed by atoms with Gasteiger partial charge in [-0.1, -0.05) is 0 Å². The first-order valence-electron chi connectivity index (χ1n) is 5.83. The Morgan fingerprint density at radius 3 is 1.94 bits per heavy atom. The minimum atomic E-state index is 0.0780. The molecule has 1 saturated carbocycles. The maximum Gasteiger partial charge on any atom is 0.224 e. The van der Waals surface area contributed by atoms with Gasteiger partial charge in [0, 0.05) is 18.9 Å². The van der Waals surface area contributed by atoms with Crippen molar-refractivity contribution < 1.29 is 9.59 Å². The molecule has 5 heteroatoms. The summed E-state index contributed by atoms with van der Waals surface area (Å²) in [6.45, 7) is 0.508. The monoisotopic (exact) mass is 227 g/mol. The molecule has 0 spiro atoms. The highest BCUT2D eigenvalue weighted by molar-refractivity contribution is 5.80. The standard InChI is InChI=1S/C11H21N3O2/c1-12-7-14-11(16)9-5-3-8(4-6-9)10(15)13-2/h8-9,12H,3-7H2,1-2H3,(H,13,15)(H,14,16). The molecule has 16 heavy (non-hydrogen) atoms. The third kappa shape index (κ3) is 3.48. The van der Waals surface area contributed by atoms with Gasteiger partial charge in [0.2, 0.25) is 11.8 Å². The van der Waals surface area contributed by atoms with Crippen molar-refractivity contribution in [1.82, 2.24) is 16.0 Å². The number of carbonyl (C=O) groups is 2. The van der Waals surface area contributed by atoms with E-state index in [4.69, 9.17) is 0 Å². The number of carbonyl (C=O) groups excluding carboxylic acids is 2. The molecule has 1 fully saturated rings. The molecule has 0 aromatic carbocycles. The van der Waals surface area contributed by atoms with Gasteiger partial charge in [-0.15, -0.1) is 0 Å². The van der Waals surface area contributed by atoms with Gasteiger partial charge in [0.05, 0.1) is 6.67 Å². The van der Waals surface area contributed by atoms with Gasteiger partial charge in [-0.3, -0.25) is 9.59 Å². The van der Waals surface area contributed by atoms with Crippen molar-refractivity contribution in [2.75, 3.05) is 20.8 Å². The van der Waals surface area contributed by atoms with E-state index < -0.39 is 0 Å². The van der Waals surface area contributed by atoms with E-state index in [1.54, 1.807) is 14.1 Å². The zero-order valence-electron chi connectivity index (χ0n) is 10.0. The molecule has 0 bridgehead atoms. The molecule has 0 unspecified atom stereocenters.